The van der Waals surface area contributed by atoms with Gasteiger partial charge in [0.15, 0.2) is 0 Å². The van der Waals surface area contributed by atoms with Crippen molar-refractivity contribution in [2.24, 2.45) is 0 Å². The second-order valence-electron chi connectivity index (χ2n) is 6.74. The van der Waals surface area contributed by atoms with E-state index >= 15 is 0 Å². The van der Waals surface area contributed by atoms with Crippen molar-refractivity contribution in [3.63, 3.8) is 0 Å². The summed E-state index contributed by atoms with van der Waals surface area (Å²) in [6.45, 7) is 2.71. The molecule has 0 aliphatic heterocycles. The molecular weight excluding hydrogens is 358 g/mol. The Labute approximate surface area is 155 Å². The number of hydrogen-bond acceptors (Lipinski definition) is 4. The summed E-state index contributed by atoms with van der Waals surface area (Å²) >= 11 is 0. The molecule has 1 heterocycles. The first-order chi connectivity index (χ1) is 12.7. The summed E-state index contributed by atoms with van der Waals surface area (Å²) < 4.78 is 31.4. The second kappa shape index (κ2) is 8.61. The Morgan fingerprint density at radius 2 is 2.04 bits per heavy atom. The molecule has 0 saturated carbocycles. The van der Waals surface area contributed by atoms with Gasteiger partial charge in [0.25, 0.3) is 5.91 Å². The third-order valence-corrected chi connectivity index (χ3v) is 3.36. The fraction of sp³-hybridized carbons (Fsp3) is 0.389. The number of amides is 2. The number of aromatic nitrogens is 2. The molecular formula is C18H22F2N4O3. The Morgan fingerprint density at radius 1 is 1.30 bits per heavy atom. The number of alkyl halides is 2. The molecule has 9 heteroatoms. The van der Waals surface area contributed by atoms with Crippen molar-refractivity contribution in [3.05, 3.63) is 48.0 Å². The molecule has 0 spiro atoms. The summed E-state index contributed by atoms with van der Waals surface area (Å²) in [6, 6.07) is 6.32. The predicted octanol–water partition coefficient (Wildman–Crippen LogP) is 3.60. The zero-order chi connectivity index (χ0) is 20.0. The number of carbonyl (C=O) groups is 2. The molecule has 0 fully saturated rings. The topological polar surface area (TPSA) is 85.2 Å². The number of halogens is 2. The molecule has 2 amide bonds. The highest BCUT2D eigenvalue weighted by molar-refractivity contribution is 5.96. The van der Waals surface area contributed by atoms with Gasteiger partial charge >= 0.3 is 12.6 Å². The predicted molar refractivity (Wildman–Crippen MR) is 95.8 cm³/mol. The number of anilines is 1. The zero-order valence-electron chi connectivity index (χ0n) is 15.3. The van der Waals surface area contributed by atoms with E-state index in [0.717, 1.165) is 4.57 Å². The normalized spacial score (nSPS) is 11.3. The average molecular weight is 380 g/mol. The van der Waals surface area contributed by atoms with Crippen molar-refractivity contribution >= 4 is 17.7 Å². The van der Waals surface area contributed by atoms with Gasteiger partial charge in [0.2, 0.25) is 0 Å². The molecule has 27 heavy (non-hydrogen) atoms. The lowest BCUT2D eigenvalue weighted by Crippen LogP contribution is -2.28. The van der Waals surface area contributed by atoms with E-state index in [2.05, 4.69) is 15.6 Å². The Hall–Kier alpha value is -2.97. The minimum atomic E-state index is -2.67. The number of carbonyl (C=O) groups excluding carboxylic acids is 2. The first kappa shape index (κ1) is 20.3. The van der Waals surface area contributed by atoms with E-state index < -0.39 is 24.2 Å². The van der Waals surface area contributed by atoms with Crippen LogP contribution in [0.5, 0.6) is 0 Å². The first-order valence-corrected chi connectivity index (χ1v) is 8.34. The Bertz CT molecular complexity index is 800. The fourth-order valence-electron chi connectivity index (χ4n) is 2.26. The van der Waals surface area contributed by atoms with Crippen molar-refractivity contribution in [2.75, 3.05) is 11.9 Å². The summed E-state index contributed by atoms with van der Waals surface area (Å²) in [6.07, 6.45) is 2.01. The third-order valence-electron chi connectivity index (χ3n) is 3.36. The van der Waals surface area contributed by atoms with Crippen LogP contribution in [0, 0.1) is 0 Å². The monoisotopic (exact) mass is 380 g/mol. The molecule has 0 radical (unpaired) electrons. The standard InChI is InChI=1S/C18H22F2N4O3/c1-18(2,3)27-17(26)23-13-6-4-5-12(11-13)15(25)22-8-7-14-21-9-10-24(14)16(19)20/h4-6,9-11,16H,7-8H2,1-3H3,(H,22,25)(H,23,26). The average Bonchev–Trinajstić information content (AvgIpc) is 3.02. The quantitative estimate of drug-likeness (QED) is 0.802. The minimum Gasteiger partial charge on any atom is -0.444 e. The fourth-order valence-corrected chi connectivity index (χ4v) is 2.26. The zero-order valence-corrected chi connectivity index (χ0v) is 15.3. The summed E-state index contributed by atoms with van der Waals surface area (Å²) in [7, 11) is 0. The molecule has 0 atom stereocenters. The van der Waals surface area contributed by atoms with Crippen molar-refractivity contribution in [3.8, 4) is 0 Å². The van der Waals surface area contributed by atoms with Gasteiger partial charge in [-0.1, -0.05) is 6.07 Å². The molecule has 0 unspecified atom stereocenters. The summed E-state index contributed by atoms with van der Waals surface area (Å²) in [5, 5.41) is 5.20. The van der Waals surface area contributed by atoms with Gasteiger partial charge in [-0.2, -0.15) is 8.78 Å². The van der Waals surface area contributed by atoms with Crippen molar-refractivity contribution in [1.82, 2.24) is 14.9 Å². The van der Waals surface area contributed by atoms with E-state index in [-0.39, 0.29) is 18.8 Å². The molecule has 2 aromatic rings. The maximum Gasteiger partial charge on any atom is 0.412 e. The van der Waals surface area contributed by atoms with Crippen LogP contribution in [0.3, 0.4) is 0 Å². The van der Waals surface area contributed by atoms with E-state index in [9.17, 15) is 18.4 Å². The molecule has 2 rings (SSSR count). The van der Waals surface area contributed by atoms with Crippen LogP contribution in [-0.2, 0) is 11.2 Å². The van der Waals surface area contributed by atoms with E-state index in [1.165, 1.54) is 18.5 Å². The highest BCUT2D eigenvalue weighted by Crippen LogP contribution is 2.14. The lowest BCUT2D eigenvalue weighted by Gasteiger charge is -2.19. The molecule has 1 aromatic carbocycles. The SMILES string of the molecule is CC(C)(C)OC(=O)Nc1cccc(C(=O)NCCc2nccn2C(F)F)c1. The molecule has 1 aromatic heterocycles. The van der Waals surface area contributed by atoms with E-state index in [1.54, 1.807) is 39.0 Å². The lowest BCUT2D eigenvalue weighted by atomic mass is 10.2. The third kappa shape index (κ3) is 6.36. The Balaban J connectivity index is 1.91. The van der Waals surface area contributed by atoms with Gasteiger partial charge in [-0.05, 0) is 39.0 Å². The van der Waals surface area contributed by atoms with E-state index in [1.807, 2.05) is 0 Å². The van der Waals surface area contributed by atoms with Gasteiger partial charge in [0.1, 0.15) is 11.4 Å². The van der Waals surface area contributed by atoms with E-state index in [0.29, 0.717) is 11.3 Å². The molecule has 2 N–H and O–H groups in total. The number of nitrogens with zero attached hydrogens (tertiary/aromatic N) is 2. The van der Waals surface area contributed by atoms with E-state index in [4.69, 9.17) is 4.74 Å². The van der Waals surface area contributed by atoms with Gasteiger partial charge in [0.05, 0.1) is 0 Å². The summed E-state index contributed by atoms with van der Waals surface area (Å²) in [5.74, 6) is -0.205. The smallest absolute Gasteiger partial charge is 0.412 e. The van der Waals surface area contributed by atoms with Crippen molar-refractivity contribution in [2.45, 2.75) is 39.3 Å². The Kier molecular flexibility index (Phi) is 6.49. The van der Waals surface area contributed by atoms with Gasteiger partial charge in [-0.3, -0.25) is 14.7 Å². The number of imidazole rings is 1. The number of nitrogens with one attached hydrogen (secondary N) is 2. The number of rotatable bonds is 6. The van der Waals surface area contributed by atoms with Crippen LogP contribution in [0.1, 0.15) is 43.5 Å². The van der Waals surface area contributed by atoms with Crippen LogP contribution in [0.2, 0.25) is 0 Å². The highest BCUT2D eigenvalue weighted by Gasteiger charge is 2.17. The molecule has 146 valence electrons. The van der Waals surface area contributed by atoms with Gasteiger partial charge in [-0.25, -0.2) is 9.78 Å². The summed E-state index contributed by atoms with van der Waals surface area (Å²) in [4.78, 5) is 27.9. The van der Waals surface area contributed by atoms with Crippen molar-refractivity contribution in [1.29, 1.82) is 0 Å². The number of ether oxygens (including phenoxy) is 1. The molecule has 0 saturated heterocycles. The van der Waals surface area contributed by atoms with Crippen LogP contribution in [-0.4, -0.2) is 33.7 Å². The van der Waals surface area contributed by atoms with Crippen LogP contribution in [0.4, 0.5) is 19.3 Å². The molecule has 0 aliphatic carbocycles. The first-order valence-electron chi connectivity index (χ1n) is 8.34. The molecule has 0 aliphatic rings. The summed E-state index contributed by atoms with van der Waals surface area (Å²) in [5.41, 5.74) is 0.0918. The maximum absolute atomic E-state index is 12.8. The van der Waals surface area contributed by atoms with Gasteiger partial charge in [-0.15, -0.1) is 0 Å². The van der Waals surface area contributed by atoms with Gasteiger partial charge in [0, 0.05) is 36.6 Å². The van der Waals surface area contributed by atoms with Gasteiger partial charge < -0.3 is 10.1 Å². The Morgan fingerprint density at radius 3 is 2.70 bits per heavy atom. The minimum absolute atomic E-state index is 0.145. The molecule has 7 nitrogen and oxygen atoms in total. The maximum atomic E-state index is 12.8. The number of hydrogen-bond donors (Lipinski definition) is 2. The highest BCUT2D eigenvalue weighted by atomic mass is 19.3. The van der Waals surface area contributed by atoms with Crippen molar-refractivity contribution < 1.29 is 23.1 Å². The van der Waals surface area contributed by atoms with Crippen LogP contribution < -0.4 is 10.6 Å². The number of benzene rings is 1. The second-order valence-corrected chi connectivity index (χ2v) is 6.74. The molecule has 0 bridgehead atoms. The van der Waals surface area contributed by atoms with Crippen LogP contribution in [0.15, 0.2) is 36.7 Å². The van der Waals surface area contributed by atoms with Crippen LogP contribution in [0.25, 0.3) is 0 Å². The largest absolute Gasteiger partial charge is 0.444 e. The van der Waals surface area contributed by atoms with Crippen LogP contribution >= 0.6 is 0 Å². The lowest BCUT2D eigenvalue weighted by molar-refractivity contribution is 0.0633.